The molecule has 2 aromatic rings. The van der Waals surface area contributed by atoms with Crippen molar-refractivity contribution in [3.8, 4) is 11.1 Å². The number of hydrogen-bond donors (Lipinski definition) is 0. The van der Waals surface area contributed by atoms with Gasteiger partial charge in [0, 0.05) is 6.07 Å². The second-order valence-electron chi connectivity index (χ2n) is 7.13. The summed E-state index contributed by atoms with van der Waals surface area (Å²) in [5.41, 5.74) is 2.54. The smallest absolute Gasteiger partial charge is 0.126 e. The topological polar surface area (TPSA) is 9.23 Å². The Kier molecular flexibility index (Phi) is 4.36. The third-order valence-electron chi connectivity index (χ3n) is 5.61. The highest BCUT2D eigenvalue weighted by molar-refractivity contribution is 5.63. The zero-order valence-corrected chi connectivity index (χ0v) is 13.7. The van der Waals surface area contributed by atoms with Gasteiger partial charge in [-0.3, -0.25) is 0 Å². The zero-order valence-electron chi connectivity index (χ0n) is 13.7. The van der Waals surface area contributed by atoms with Crippen LogP contribution in [0.5, 0.6) is 0 Å². The van der Waals surface area contributed by atoms with Crippen molar-refractivity contribution in [3.63, 3.8) is 0 Å². The van der Waals surface area contributed by atoms with E-state index in [1.165, 1.54) is 37.8 Å². The summed E-state index contributed by atoms with van der Waals surface area (Å²) in [7, 11) is 0. The average molecular weight is 328 g/mol. The first kappa shape index (κ1) is 15.8. The first-order valence-corrected chi connectivity index (χ1v) is 8.87. The Morgan fingerprint density at radius 3 is 2.00 bits per heavy atom. The SMILES string of the molecule is Fc1cc(F)cc(-c2ccc(C3CCC(C4CCC4)CO3)cc2)c1. The summed E-state index contributed by atoms with van der Waals surface area (Å²) in [5, 5.41) is 0. The van der Waals surface area contributed by atoms with Crippen molar-refractivity contribution in [3.05, 3.63) is 59.7 Å². The number of ether oxygens (including phenoxy) is 1. The van der Waals surface area contributed by atoms with E-state index in [0.717, 1.165) is 42.1 Å². The molecule has 1 heterocycles. The number of benzene rings is 2. The molecule has 4 rings (SSSR count). The molecule has 1 saturated heterocycles. The largest absolute Gasteiger partial charge is 0.373 e. The minimum Gasteiger partial charge on any atom is -0.373 e. The molecule has 0 N–H and O–H groups in total. The molecule has 2 aromatic carbocycles. The van der Waals surface area contributed by atoms with Crippen LogP contribution in [0.15, 0.2) is 42.5 Å². The van der Waals surface area contributed by atoms with Gasteiger partial charge in [-0.2, -0.15) is 0 Å². The van der Waals surface area contributed by atoms with Gasteiger partial charge >= 0.3 is 0 Å². The van der Waals surface area contributed by atoms with E-state index in [0.29, 0.717) is 5.56 Å². The van der Waals surface area contributed by atoms with Gasteiger partial charge in [0.25, 0.3) is 0 Å². The molecule has 1 aliphatic heterocycles. The quantitative estimate of drug-likeness (QED) is 0.681. The average Bonchev–Trinajstić information content (AvgIpc) is 2.53. The van der Waals surface area contributed by atoms with Crippen molar-refractivity contribution in [2.75, 3.05) is 6.61 Å². The Morgan fingerprint density at radius 1 is 0.750 bits per heavy atom. The van der Waals surface area contributed by atoms with Gasteiger partial charge in [-0.15, -0.1) is 0 Å². The van der Waals surface area contributed by atoms with Crippen LogP contribution in [-0.4, -0.2) is 6.61 Å². The van der Waals surface area contributed by atoms with Gasteiger partial charge in [0.2, 0.25) is 0 Å². The Bertz CT molecular complexity index is 678. The molecule has 0 spiro atoms. The molecule has 2 unspecified atom stereocenters. The van der Waals surface area contributed by atoms with Crippen LogP contribution >= 0.6 is 0 Å². The fourth-order valence-electron chi connectivity index (χ4n) is 3.93. The fourth-order valence-corrected chi connectivity index (χ4v) is 3.93. The highest BCUT2D eigenvalue weighted by atomic mass is 19.1. The van der Waals surface area contributed by atoms with Crippen LogP contribution in [0.1, 0.15) is 43.8 Å². The second kappa shape index (κ2) is 6.64. The molecule has 126 valence electrons. The first-order chi connectivity index (χ1) is 11.7. The van der Waals surface area contributed by atoms with Crippen LogP contribution in [0.3, 0.4) is 0 Å². The predicted molar refractivity (Wildman–Crippen MR) is 90.6 cm³/mol. The highest BCUT2D eigenvalue weighted by Gasteiger charge is 2.31. The summed E-state index contributed by atoms with van der Waals surface area (Å²) in [4.78, 5) is 0. The molecule has 2 atom stereocenters. The fraction of sp³-hybridized carbons (Fsp3) is 0.429. The first-order valence-electron chi connectivity index (χ1n) is 8.87. The molecule has 24 heavy (non-hydrogen) atoms. The lowest BCUT2D eigenvalue weighted by Crippen LogP contribution is -2.30. The minimum absolute atomic E-state index is 0.152. The van der Waals surface area contributed by atoms with Gasteiger partial charge in [-0.05, 0) is 53.5 Å². The second-order valence-corrected chi connectivity index (χ2v) is 7.13. The van der Waals surface area contributed by atoms with Gasteiger partial charge < -0.3 is 4.74 Å². The summed E-state index contributed by atoms with van der Waals surface area (Å²) in [5.74, 6) is 0.527. The molecule has 3 heteroatoms. The molecule has 0 bridgehead atoms. The van der Waals surface area contributed by atoms with E-state index >= 15 is 0 Å². The molecule has 0 amide bonds. The van der Waals surface area contributed by atoms with Crippen LogP contribution < -0.4 is 0 Å². The minimum atomic E-state index is -0.549. The van der Waals surface area contributed by atoms with Crippen LogP contribution in [0, 0.1) is 23.5 Å². The third-order valence-corrected chi connectivity index (χ3v) is 5.61. The van der Waals surface area contributed by atoms with E-state index < -0.39 is 11.6 Å². The molecule has 2 aliphatic rings. The van der Waals surface area contributed by atoms with Crippen LogP contribution in [0.25, 0.3) is 11.1 Å². The number of hydrogen-bond acceptors (Lipinski definition) is 1. The maximum Gasteiger partial charge on any atom is 0.126 e. The molecule has 1 aliphatic carbocycles. The Morgan fingerprint density at radius 2 is 1.46 bits per heavy atom. The highest BCUT2D eigenvalue weighted by Crippen LogP contribution is 2.41. The van der Waals surface area contributed by atoms with Crippen LogP contribution in [0.2, 0.25) is 0 Å². The van der Waals surface area contributed by atoms with Gasteiger partial charge in [0.1, 0.15) is 11.6 Å². The van der Waals surface area contributed by atoms with Gasteiger partial charge in [0.15, 0.2) is 0 Å². The molecule has 0 aromatic heterocycles. The summed E-state index contributed by atoms with van der Waals surface area (Å²) < 4.78 is 32.8. The lowest BCUT2D eigenvalue weighted by atomic mass is 9.73. The molecule has 1 saturated carbocycles. The van der Waals surface area contributed by atoms with E-state index in [-0.39, 0.29) is 6.10 Å². The van der Waals surface area contributed by atoms with Crippen molar-refractivity contribution in [2.24, 2.45) is 11.8 Å². The van der Waals surface area contributed by atoms with E-state index in [1.807, 2.05) is 24.3 Å². The van der Waals surface area contributed by atoms with E-state index in [9.17, 15) is 8.78 Å². The van der Waals surface area contributed by atoms with Crippen molar-refractivity contribution in [1.82, 2.24) is 0 Å². The zero-order chi connectivity index (χ0) is 16.5. The van der Waals surface area contributed by atoms with E-state index in [2.05, 4.69) is 0 Å². The molecule has 0 radical (unpaired) electrons. The standard InChI is InChI=1S/C21H22F2O/c22-19-10-18(11-20(23)12-19)15-4-6-16(7-5-15)21-9-8-17(13-24-21)14-2-1-3-14/h4-7,10-12,14,17,21H,1-3,8-9,13H2. The monoisotopic (exact) mass is 328 g/mol. The van der Waals surface area contributed by atoms with Crippen molar-refractivity contribution in [2.45, 2.75) is 38.2 Å². The summed E-state index contributed by atoms with van der Waals surface area (Å²) in [6.07, 6.45) is 6.59. The van der Waals surface area contributed by atoms with Crippen molar-refractivity contribution >= 4 is 0 Å². The number of halogens is 2. The van der Waals surface area contributed by atoms with Gasteiger partial charge in [-0.1, -0.05) is 43.5 Å². The lowest BCUT2D eigenvalue weighted by molar-refractivity contribution is -0.0449. The van der Waals surface area contributed by atoms with Gasteiger partial charge in [-0.25, -0.2) is 8.78 Å². The normalized spacial score (nSPS) is 24.6. The summed E-state index contributed by atoms with van der Waals surface area (Å²) in [6, 6.07) is 11.5. The lowest BCUT2D eigenvalue weighted by Gasteiger charge is -2.38. The molecule has 1 nitrogen and oxygen atoms in total. The van der Waals surface area contributed by atoms with Crippen LogP contribution in [0.4, 0.5) is 8.78 Å². The molecular formula is C21H22F2O. The van der Waals surface area contributed by atoms with E-state index in [4.69, 9.17) is 4.74 Å². The van der Waals surface area contributed by atoms with Crippen molar-refractivity contribution < 1.29 is 13.5 Å². The summed E-state index contributed by atoms with van der Waals surface area (Å²) in [6.45, 7) is 0.867. The summed E-state index contributed by atoms with van der Waals surface area (Å²) >= 11 is 0. The molecular weight excluding hydrogens is 306 g/mol. The predicted octanol–water partition coefficient (Wildman–Crippen LogP) is 5.90. The van der Waals surface area contributed by atoms with Crippen LogP contribution in [-0.2, 0) is 4.74 Å². The maximum absolute atomic E-state index is 13.4. The van der Waals surface area contributed by atoms with E-state index in [1.54, 1.807) is 0 Å². The Labute approximate surface area is 141 Å². The van der Waals surface area contributed by atoms with Crippen molar-refractivity contribution in [1.29, 1.82) is 0 Å². The third kappa shape index (κ3) is 3.23. The molecule has 2 fully saturated rings. The Balaban J connectivity index is 1.44. The van der Waals surface area contributed by atoms with Gasteiger partial charge in [0.05, 0.1) is 12.7 Å². The Hall–Kier alpha value is -1.74. The number of rotatable bonds is 3. The maximum atomic E-state index is 13.4.